The second kappa shape index (κ2) is 7.52. The van der Waals surface area contributed by atoms with Gasteiger partial charge in [0.25, 0.3) is 0 Å². The summed E-state index contributed by atoms with van der Waals surface area (Å²) in [4.78, 5) is 11.0. The van der Waals surface area contributed by atoms with Crippen molar-refractivity contribution in [3.63, 3.8) is 0 Å². The van der Waals surface area contributed by atoms with E-state index >= 15 is 0 Å². The van der Waals surface area contributed by atoms with Crippen molar-refractivity contribution >= 4 is 12.4 Å². The van der Waals surface area contributed by atoms with Gasteiger partial charge in [0.05, 0.1) is 5.69 Å². The van der Waals surface area contributed by atoms with Crippen LogP contribution < -0.4 is 0 Å². The summed E-state index contributed by atoms with van der Waals surface area (Å²) in [5.74, 6) is 0.0165. The number of hydrogen-bond donors (Lipinski definition) is 0. The van der Waals surface area contributed by atoms with Crippen molar-refractivity contribution in [3.8, 4) is 16.9 Å². The molecule has 0 radical (unpaired) electrons. The lowest BCUT2D eigenvalue weighted by Crippen LogP contribution is -2.00. The molecule has 0 saturated heterocycles. The summed E-state index contributed by atoms with van der Waals surface area (Å²) in [7, 11) is 0. The lowest BCUT2D eigenvalue weighted by Gasteiger charge is -2.13. The highest BCUT2D eigenvalue weighted by atomic mass is 19.1. The van der Waals surface area contributed by atoms with Gasteiger partial charge in [0, 0.05) is 16.9 Å². The summed E-state index contributed by atoms with van der Waals surface area (Å²) in [6.45, 7) is 6.38. The van der Waals surface area contributed by atoms with Crippen LogP contribution in [0.3, 0.4) is 0 Å². The maximum Gasteiger partial charge on any atom is 0.142 e. The molecule has 2 aromatic carbocycles. The second-order valence-corrected chi connectivity index (χ2v) is 6.59. The molecule has 0 atom stereocenters. The topological polar surface area (TPSA) is 22.0 Å². The summed E-state index contributed by atoms with van der Waals surface area (Å²) < 4.78 is 15.7. The zero-order chi connectivity index (χ0) is 18.7. The number of halogens is 1. The highest BCUT2D eigenvalue weighted by Crippen LogP contribution is 2.38. The first-order chi connectivity index (χ1) is 12.5. The number of carbonyl (C=O) groups is 1. The zero-order valence-corrected chi connectivity index (χ0v) is 15.2. The minimum absolute atomic E-state index is 0.266. The Balaban J connectivity index is 2.40. The van der Waals surface area contributed by atoms with Crippen LogP contribution in [-0.2, 0) is 4.79 Å². The Hall–Kier alpha value is -2.94. The van der Waals surface area contributed by atoms with E-state index in [2.05, 4.69) is 37.5 Å². The third-order valence-corrected chi connectivity index (χ3v) is 4.54. The van der Waals surface area contributed by atoms with Gasteiger partial charge in [-0.05, 0) is 72.5 Å². The number of benzene rings is 2. The number of hydrogen-bond acceptors (Lipinski definition) is 1. The Kier molecular flexibility index (Phi) is 5.17. The average Bonchev–Trinajstić information content (AvgIpc) is 2.93. The maximum absolute atomic E-state index is 13.5. The molecule has 0 amide bonds. The number of nitrogens with zero attached hydrogens (tertiary/aromatic N) is 1. The molecule has 3 aromatic rings. The Morgan fingerprint density at radius 2 is 1.65 bits per heavy atom. The van der Waals surface area contributed by atoms with Crippen LogP contribution in [0.5, 0.6) is 0 Å². The first-order valence-corrected chi connectivity index (χ1v) is 8.73. The van der Waals surface area contributed by atoms with Gasteiger partial charge in [-0.1, -0.05) is 32.0 Å². The first kappa shape index (κ1) is 17.9. The van der Waals surface area contributed by atoms with Crippen LogP contribution in [0.2, 0.25) is 0 Å². The fraction of sp³-hybridized carbons (Fsp3) is 0.174. The van der Waals surface area contributed by atoms with E-state index in [1.807, 2.05) is 24.3 Å². The van der Waals surface area contributed by atoms with Crippen molar-refractivity contribution in [1.82, 2.24) is 4.57 Å². The number of aldehydes is 1. The summed E-state index contributed by atoms with van der Waals surface area (Å²) in [6.07, 6.45) is 4.16. The Morgan fingerprint density at radius 1 is 1.00 bits per heavy atom. The molecule has 0 unspecified atom stereocenters. The van der Waals surface area contributed by atoms with Crippen LogP contribution >= 0.6 is 0 Å². The van der Waals surface area contributed by atoms with E-state index in [9.17, 15) is 9.18 Å². The predicted octanol–water partition coefficient (Wildman–Crippen LogP) is 5.93. The maximum atomic E-state index is 13.5. The number of rotatable bonds is 5. The van der Waals surface area contributed by atoms with Gasteiger partial charge in [-0.15, -0.1) is 0 Å². The molecule has 0 aliphatic heterocycles. The van der Waals surface area contributed by atoms with E-state index < -0.39 is 0 Å². The summed E-state index contributed by atoms with van der Waals surface area (Å²) in [6, 6.07) is 16.6. The molecule has 1 heterocycles. The summed E-state index contributed by atoms with van der Waals surface area (Å²) >= 11 is 0. The fourth-order valence-corrected chi connectivity index (χ4v) is 3.56. The molecule has 26 heavy (non-hydrogen) atoms. The molecule has 132 valence electrons. The molecule has 3 heteroatoms. The molecule has 0 aliphatic carbocycles. The van der Waals surface area contributed by atoms with Gasteiger partial charge >= 0.3 is 0 Å². The Morgan fingerprint density at radius 3 is 2.23 bits per heavy atom. The normalized spacial score (nSPS) is 11.4. The van der Waals surface area contributed by atoms with Gasteiger partial charge in [-0.3, -0.25) is 4.79 Å². The summed E-state index contributed by atoms with van der Waals surface area (Å²) in [5.41, 5.74) is 6.23. The standard InChI is InChI=1S/C23H22FNO/c1-16(2)22-17(3)25(20-8-5-4-6-9-20)23(21(22)10-7-15-26)18-11-13-19(24)14-12-18/h4-16H,1-3H3/b10-7+. The fourth-order valence-electron chi connectivity index (χ4n) is 3.56. The molecule has 0 aliphatic rings. The molecule has 3 rings (SSSR count). The monoisotopic (exact) mass is 347 g/mol. The predicted molar refractivity (Wildman–Crippen MR) is 105 cm³/mol. The van der Waals surface area contributed by atoms with Gasteiger partial charge in [0.2, 0.25) is 0 Å². The Labute approximate surface area is 153 Å². The SMILES string of the molecule is Cc1c(C(C)C)c(/C=C/C=O)c(-c2ccc(F)cc2)n1-c1ccccc1. The quantitative estimate of drug-likeness (QED) is 0.414. The van der Waals surface area contributed by atoms with Crippen LogP contribution in [0.15, 0.2) is 60.7 Å². The molecule has 0 fully saturated rings. The lowest BCUT2D eigenvalue weighted by atomic mass is 9.96. The molecule has 2 nitrogen and oxygen atoms in total. The minimum atomic E-state index is -0.266. The van der Waals surface area contributed by atoms with Gasteiger partial charge in [0.1, 0.15) is 12.1 Å². The lowest BCUT2D eigenvalue weighted by molar-refractivity contribution is -0.104. The number of carbonyl (C=O) groups excluding carboxylic acids is 1. The molecular weight excluding hydrogens is 325 g/mol. The van der Waals surface area contributed by atoms with Crippen LogP contribution in [-0.4, -0.2) is 10.9 Å². The largest absolute Gasteiger partial charge is 0.313 e. The molecule has 0 N–H and O–H groups in total. The molecule has 0 bridgehead atoms. The molecule has 0 saturated carbocycles. The molecule has 1 aromatic heterocycles. The molecule has 0 spiro atoms. The van der Waals surface area contributed by atoms with E-state index in [1.54, 1.807) is 12.1 Å². The van der Waals surface area contributed by atoms with E-state index in [0.29, 0.717) is 0 Å². The van der Waals surface area contributed by atoms with E-state index in [1.165, 1.54) is 23.8 Å². The van der Waals surface area contributed by atoms with E-state index in [4.69, 9.17) is 0 Å². The van der Waals surface area contributed by atoms with Crippen LogP contribution in [0.25, 0.3) is 23.0 Å². The highest BCUT2D eigenvalue weighted by molar-refractivity contribution is 5.83. The number of para-hydroxylation sites is 1. The second-order valence-electron chi connectivity index (χ2n) is 6.59. The minimum Gasteiger partial charge on any atom is -0.313 e. The third-order valence-electron chi connectivity index (χ3n) is 4.54. The van der Waals surface area contributed by atoms with Crippen molar-refractivity contribution in [1.29, 1.82) is 0 Å². The van der Waals surface area contributed by atoms with Crippen LogP contribution in [0.4, 0.5) is 4.39 Å². The van der Waals surface area contributed by atoms with Crippen LogP contribution in [0, 0.1) is 12.7 Å². The van der Waals surface area contributed by atoms with Crippen molar-refractivity contribution in [3.05, 3.63) is 83.3 Å². The molecular formula is C23H22FNO. The third kappa shape index (κ3) is 3.25. The van der Waals surface area contributed by atoms with Gasteiger partial charge in [-0.2, -0.15) is 0 Å². The van der Waals surface area contributed by atoms with E-state index in [-0.39, 0.29) is 11.7 Å². The first-order valence-electron chi connectivity index (χ1n) is 8.73. The van der Waals surface area contributed by atoms with Gasteiger partial charge < -0.3 is 4.57 Å². The van der Waals surface area contributed by atoms with Crippen molar-refractivity contribution < 1.29 is 9.18 Å². The number of allylic oxidation sites excluding steroid dienone is 1. The average molecular weight is 347 g/mol. The highest BCUT2D eigenvalue weighted by Gasteiger charge is 2.22. The van der Waals surface area contributed by atoms with Crippen molar-refractivity contribution in [2.24, 2.45) is 0 Å². The van der Waals surface area contributed by atoms with Gasteiger partial charge in [0.15, 0.2) is 0 Å². The number of aromatic nitrogens is 1. The van der Waals surface area contributed by atoms with Crippen molar-refractivity contribution in [2.75, 3.05) is 0 Å². The smallest absolute Gasteiger partial charge is 0.142 e. The zero-order valence-electron chi connectivity index (χ0n) is 15.2. The Bertz CT molecular complexity index is 935. The van der Waals surface area contributed by atoms with Gasteiger partial charge in [-0.25, -0.2) is 4.39 Å². The van der Waals surface area contributed by atoms with Crippen LogP contribution in [0.1, 0.15) is 36.6 Å². The van der Waals surface area contributed by atoms with Crippen molar-refractivity contribution in [2.45, 2.75) is 26.7 Å². The van der Waals surface area contributed by atoms with E-state index in [0.717, 1.165) is 34.5 Å². The summed E-state index contributed by atoms with van der Waals surface area (Å²) in [5, 5.41) is 0.